The van der Waals surface area contributed by atoms with Gasteiger partial charge >= 0.3 is 0 Å². The van der Waals surface area contributed by atoms with E-state index in [-0.39, 0.29) is 11.2 Å². The Morgan fingerprint density at radius 3 is 2.47 bits per heavy atom. The maximum atomic E-state index is 13.6. The van der Waals surface area contributed by atoms with Crippen LogP contribution in [0.4, 0.5) is 4.39 Å². The van der Waals surface area contributed by atoms with Gasteiger partial charge in [-0.2, -0.15) is 0 Å². The average molecular weight is 209 g/mol. The van der Waals surface area contributed by atoms with Gasteiger partial charge in [0.05, 0.1) is 6.21 Å². The molecule has 0 aliphatic carbocycles. The Balaban J connectivity index is 3.04. The van der Waals surface area contributed by atoms with Crippen molar-refractivity contribution in [1.29, 1.82) is 0 Å². The van der Waals surface area contributed by atoms with Gasteiger partial charge < -0.3 is 4.84 Å². The molecular weight excluding hydrogens is 193 g/mol. The highest BCUT2D eigenvalue weighted by molar-refractivity contribution is 5.79. The molecule has 0 bridgehead atoms. The molecule has 1 aromatic rings. The molecule has 0 aromatic heterocycles. The first-order valence-corrected chi connectivity index (χ1v) is 4.81. The van der Waals surface area contributed by atoms with Crippen LogP contribution in [0.1, 0.15) is 31.9 Å². The van der Waals surface area contributed by atoms with E-state index in [1.165, 1.54) is 19.4 Å². The van der Waals surface area contributed by atoms with Crippen molar-refractivity contribution in [3.05, 3.63) is 35.1 Å². The highest BCUT2D eigenvalue weighted by atomic mass is 19.1. The lowest BCUT2D eigenvalue weighted by molar-refractivity contribution is 0.215. The van der Waals surface area contributed by atoms with Gasteiger partial charge in [-0.05, 0) is 17.0 Å². The molecule has 0 atom stereocenters. The maximum Gasteiger partial charge on any atom is 0.132 e. The fourth-order valence-electron chi connectivity index (χ4n) is 1.21. The smallest absolute Gasteiger partial charge is 0.132 e. The van der Waals surface area contributed by atoms with Gasteiger partial charge in [0.25, 0.3) is 0 Å². The second-order valence-electron chi connectivity index (χ2n) is 4.40. The van der Waals surface area contributed by atoms with E-state index in [0.717, 1.165) is 5.56 Å². The van der Waals surface area contributed by atoms with Crippen molar-refractivity contribution < 1.29 is 9.23 Å². The van der Waals surface area contributed by atoms with Gasteiger partial charge in [0.2, 0.25) is 0 Å². The number of oxime groups is 1. The average Bonchev–Trinajstić information content (AvgIpc) is 2.14. The van der Waals surface area contributed by atoms with Gasteiger partial charge in [0, 0.05) is 5.56 Å². The largest absolute Gasteiger partial charge is 0.399 e. The molecule has 2 nitrogen and oxygen atoms in total. The van der Waals surface area contributed by atoms with Crippen LogP contribution in [0.15, 0.2) is 23.4 Å². The van der Waals surface area contributed by atoms with Gasteiger partial charge in [-0.15, -0.1) is 0 Å². The summed E-state index contributed by atoms with van der Waals surface area (Å²) in [6.07, 6.45) is 1.36. The van der Waals surface area contributed by atoms with Gasteiger partial charge in [-0.25, -0.2) is 4.39 Å². The zero-order chi connectivity index (χ0) is 11.5. The first-order chi connectivity index (χ1) is 6.95. The number of hydrogen-bond acceptors (Lipinski definition) is 2. The van der Waals surface area contributed by atoms with Gasteiger partial charge in [0.15, 0.2) is 0 Å². The Morgan fingerprint density at radius 2 is 2.00 bits per heavy atom. The third-order valence-electron chi connectivity index (χ3n) is 2.16. The minimum absolute atomic E-state index is 0.0439. The molecule has 0 unspecified atom stereocenters. The summed E-state index contributed by atoms with van der Waals surface area (Å²) in [6.45, 7) is 6.14. The molecule has 82 valence electrons. The number of nitrogens with zero attached hydrogens (tertiary/aromatic N) is 1. The lowest BCUT2D eigenvalue weighted by Gasteiger charge is -2.19. The lowest BCUT2D eigenvalue weighted by Crippen LogP contribution is -2.11. The Hall–Kier alpha value is -1.38. The van der Waals surface area contributed by atoms with Crippen LogP contribution in [-0.4, -0.2) is 13.3 Å². The van der Waals surface area contributed by atoms with Crippen LogP contribution in [0.25, 0.3) is 0 Å². The predicted molar refractivity (Wildman–Crippen MR) is 59.7 cm³/mol. The standard InChI is InChI=1S/C12H16FNO/c1-12(2,3)10-6-5-9(8-14-15-4)11(13)7-10/h5-8H,1-4H3/b14-8+. The van der Waals surface area contributed by atoms with E-state index in [9.17, 15) is 4.39 Å². The molecule has 0 N–H and O–H groups in total. The molecule has 0 spiro atoms. The molecule has 1 aromatic carbocycles. The molecule has 0 heterocycles. The Morgan fingerprint density at radius 1 is 1.33 bits per heavy atom. The quantitative estimate of drug-likeness (QED) is 0.541. The maximum absolute atomic E-state index is 13.6. The number of benzene rings is 1. The van der Waals surface area contributed by atoms with E-state index >= 15 is 0 Å². The van der Waals surface area contributed by atoms with Crippen LogP contribution < -0.4 is 0 Å². The third kappa shape index (κ3) is 3.05. The molecule has 0 amide bonds. The molecule has 0 aliphatic rings. The molecule has 0 saturated carbocycles. The summed E-state index contributed by atoms with van der Waals surface area (Å²) in [5, 5.41) is 3.53. The molecule has 3 heteroatoms. The fourth-order valence-corrected chi connectivity index (χ4v) is 1.21. The van der Waals surface area contributed by atoms with E-state index in [0.29, 0.717) is 5.56 Å². The zero-order valence-corrected chi connectivity index (χ0v) is 9.54. The van der Waals surface area contributed by atoms with Crippen molar-refractivity contribution in [3.63, 3.8) is 0 Å². The van der Waals surface area contributed by atoms with Crippen LogP contribution in [0, 0.1) is 5.82 Å². The van der Waals surface area contributed by atoms with Crippen LogP contribution in [0.3, 0.4) is 0 Å². The van der Waals surface area contributed by atoms with Crippen molar-refractivity contribution in [1.82, 2.24) is 0 Å². The van der Waals surface area contributed by atoms with Crippen molar-refractivity contribution in [2.24, 2.45) is 5.16 Å². The van der Waals surface area contributed by atoms with Crippen molar-refractivity contribution in [2.75, 3.05) is 7.11 Å². The molecule has 15 heavy (non-hydrogen) atoms. The van der Waals surface area contributed by atoms with Crippen LogP contribution in [0.5, 0.6) is 0 Å². The minimum Gasteiger partial charge on any atom is -0.399 e. The van der Waals surface area contributed by atoms with E-state index in [4.69, 9.17) is 0 Å². The first kappa shape index (κ1) is 11.7. The SMILES string of the molecule is CO/N=C/c1ccc(C(C)(C)C)cc1F. The Labute approximate surface area is 89.7 Å². The van der Waals surface area contributed by atoms with E-state index in [2.05, 4.69) is 9.99 Å². The summed E-state index contributed by atoms with van der Waals surface area (Å²) < 4.78 is 13.6. The third-order valence-corrected chi connectivity index (χ3v) is 2.16. The highest BCUT2D eigenvalue weighted by Gasteiger charge is 2.14. The van der Waals surface area contributed by atoms with Crippen LogP contribution in [0.2, 0.25) is 0 Å². The normalized spacial score (nSPS) is 12.1. The first-order valence-electron chi connectivity index (χ1n) is 4.81. The fraction of sp³-hybridized carbons (Fsp3) is 0.417. The summed E-state index contributed by atoms with van der Waals surface area (Å²) in [6, 6.07) is 5.15. The van der Waals surface area contributed by atoms with Gasteiger partial charge in [-0.3, -0.25) is 0 Å². The monoisotopic (exact) mass is 209 g/mol. The predicted octanol–water partition coefficient (Wildman–Crippen LogP) is 3.10. The summed E-state index contributed by atoms with van der Waals surface area (Å²) in [5.74, 6) is -0.275. The highest BCUT2D eigenvalue weighted by Crippen LogP contribution is 2.23. The van der Waals surface area contributed by atoms with Crippen molar-refractivity contribution in [2.45, 2.75) is 26.2 Å². The van der Waals surface area contributed by atoms with Gasteiger partial charge in [0.1, 0.15) is 12.9 Å². The topological polar surface area (TPSA) is 21.6 Å². The van der Waals surface area contributed by atoms with Gasteiger partial charge in [-0.1, -0.05) is 38.1 Å². The second-order valence-corrected chi connectivity index (χ2v) is 4.40. The second kappa shape index (κ2) is 4.43. The molecule has 0 saturated heterocycles. The van der Waals surface area contributed by atoms with E-state index < -0.39 is 0 Å². The molecule has 1 rings (SSSR count). The van der Waals surface area contributed by atoms with Crippen LogP contribution in [-0.2, 0) is 10.3 Å². The molecule has 0 fully saturated rings. The van der Waals surface area contributed by atoms with Crippen molar-refractivity contribution >= 4 is 6.21 Å². The number of rotatable bonds is 2. The summed E-state index contributed by atoms with van der Waals surface area (Å²) >= 11 is 0. The Kier molecular flexibility index (Phi) is 3.45. The summed E-state index contributed by atoms with van der Waals surface area (Å²) in [4.78, 5) is 4.50. The van der Waals surface area contributed by atoms with Crippen LogP contribution >= 0.6 is 0 Å². The lowest BCUT2D eigenvalue weighted by atomic mass is 9.86. The number of halogens is 1. The summed E-state index contributed by atoms with van der Waals surface area (Å²) in [7, 11) is 1.43. The zero-order valence-electron chi connectivity index (χ0n) is 9.54. The number of hydrogen-bond donors (Lipinski definition) is 0. The minimum atomic E-state index is -0.275. The Bertz CT molecular complexity index is 366. The molecule has 0 radical (unpaired) electrons. The summed E-state index contributed by atoms with van der Waals surface area (Å²) in [5.41, 5.74) is 1.36. The molecular formula is C12H16FNO. The van der Waals surface area contributed by atoms with E-state index in [1.54, 1.807) is 6.07 Å². The van der Waals surface area contributed by atoms with E-state index in [1.807, 2.05) is 26.8 Å². The molecule has 0 aliphatic heterocycles. The van der Waals surface area contributed by atoms with Crippen molar-refractivity contribution in [3.8, 4) is 0 Å².